The van der Waals surface area contributed by atoms with E-state index in [2.05, 4.69) is 62.5 Å². The highest BCUT2D eigenvalue weighted by Gasteiger charge is 2.24. The molecule has 2 aromatic rings. The number of nitrogens with zero attached hydrogens (tertiary/aromatic N) is 3. The fourth-order valence-corrected chi connectivity index (χ4v) is 3.25. The Morgan fingerprint density at radius 1 is 1.03 bits per heavy atom. The smallest absolute Gasteiger partial charge is 0.128 e. The number of aliphatic imine (C=N–C) groups is 1. The molecule has 1 aromatic heterocycles. The number of pyridine rings is 1. The highest BCUT2D eigenvalue weighted by molar-refractivity contribution is 5.85. The van der Waals surface area contributed by atoms with Crippen LogP contribution >= 0.6 is 0 Å². The van der Waals surface area contributed by atoms with Crippen LogP contribution in [0.2, 0.25) is 0 Å². The van der Waals surface area contributed by atoms with E-state index < -0.39 is 0 Å². The number of rotatable bonds is 8. The van der Waals surface area contributed by atoms with E-state index in [1.165, 1.54) is 5.56 Å². The molecule has 0 radical (unpaired) electrons. The van der Waals surface area contributed by atoms with Gasteiger partial charge in [-0.15, -0.1) is 0 Å². The number of hydrogen-bond donors (Lipinski definition) is 2. The van der Waals surface area contributed by atoms with E-state index in [1.54, 1.807) is 12.4 Å². The average Bonchev–Trinajstić information content (AvgIpc) is 2.65. The molecule has 0 aliphatic heterocycles. The Bertz CT molecular complexity index is 834. The van der Waals surface area contributed by atoms with Gasteiger partial charge in [-0.1, -0.05) is 53.7 Å². The van der Waals surface area contributed by atoms with Crippen molar-refractivity contribution in [2.75, 3.05) is 26.2 Å². The Morgan fingerprint density at radius 3 is 2.33 bits per heavy atom. The molecule has 2 rings (SSSR count). The van der Waals surface area contributed by atoms with Gasteiger partial charge in [-0.05, 0) is 34.6 Å². The standard InChI is InChI=1S/C25H37N3O2/c1-24(2,3)20-15-19(23(30)22(16-20)25(4,5)6)17-26-11-12-28(13-14-29)18-21-9-7-8-10-27-21/h7-10,15-17,29-30H,11-14,18H2,1-6H3. The lowest BCUT2D eigenvalue weighted by molar-refractivity contribution is 0.192. The summed E-state index contributed by atoms with van der Waals surface area (Å²) >= 11 is 0. The predicted octanol–water partition coefficient (Wildman–Crippen LogP) is 4.30. The van der Waals surface area contributed by atoms with E-state index in [1.807, 2.05) is 24.3 Å². The first-order chi connectivity index (χ1) is 14.0. The average molecular weight is 412 g/mol. The van der Waals surface area contributed by atoms with Crippen LogP contribution in [0.5, 0.6) is 5.75 Å². The summed E-state index contributed by atoms with van der Waals surface area (Å²) in [6.07, 6.45) is 3.56. The van der Waals surface area contributed by atoms with Crippen molar-refractivity contribution in [1.82, 2.24) is 9.88 Å². The molecule has 0 atom stereocenters. The molecule has 0 amide bonds. The molecule has 0 unspecified atom stereocenters. The molecular formula is C25H37N3O2. The molecule has 164 valence electrons. The van der Waals surface area contributed by atoms with Crippen LogP contribution in [0, 0.1) is 0 Å². The lowest BCUT2D eigenvalue weighted by Crippen LogP contribution is -2.29. The third kappa shape index (κ3) is 6.92. The first kappa shape index (κ1) is 24.0. The van der Waals surface area contributed by atoms with Gasteiger partial charge in [0.15, 0.2) is 0 Å². The number of aliphatic hydroxyl groups is 1. The lowest BCUT2D eigenvalue weighted by atomic mass is 9.79. The van der Waals surface area contributed by atoms with Gasteiger partial charge in [0.2, 0.25) is 0 Å². The molecular weight excluding hydrogens is 374 g/mol. The Morgan fingerprint density at radius 2 is 1.77 bits per heavy atom. The van der Waals surface area contributed by atoms with E-state index in [9.17, 15) is 10.2 Å². The quantitative estimate of drug-likeness (QED) is 0.636. The number of aromatic hydroxyl groups is 1. The zero-order valence-electron chi connectivity index (χ0n) is 19.3. The van der Waals surface area contributed by atoms with Crippen molar-refractivity contribution in [2.45, 2.75) is 58.9 Å². The summed E-state index contributed by atoms with van der Waals surface area (Å²) in [5.41, 5.74) is 3.68. The maximum Gasteiger partial charge on any atom is 0.128 e. The van der Waals surface area contributed by atoms with Crippen molar-refractivity contribution in [3.05, 3.63) is 58.9 Å². The molecule has 0 saturated carbocycles. The topological polar surface area (TPSA) is 69.0 Å². The van der Waals surface area contributed by atoms with Crippen molar-refractivity contribution in [2.24, 2.45) is 4.99 Å². The van der Waals surface area contributed by atoms with E-state index in [4.69, 9.17) is 0 Å². The van der Waals surface area contributed by atoms with Crippen molar-refractivity contribution in [3.8, 4) is 5.75 Å². The van der Waals surface area contributed by atoms with Crippen LogP contribution in [-0.4, -0.2) is 52.6 Å². The van der Waals surface area contributed by atoms with Crippen LogP contribution in [0.4, 0.5) is 0 Å². The van der Waals surface area contributed by atoms with Gasteiger partial charge < -0.3 is 10.2 Å². The molecule has 5 heteroatoms. The van der Waals surface area contributed by atoms with Crippen LogP contribution in [0.1, 0.15) is 63.9 Å². The van der Waals surface area contributed by atoms with E-state index >= 15 is 0 Å². The van der Waals surface area contributed by atoms with Crippen molar-refractivity contribution in [3.63, 3.8) is 0 Å². The molecule has 1 aromatic carbocycles. The summed E-state index contributed by atoms with van der Waals surface area (Å²) < 4.78 is 0. The first-order valence-electron chi connectivity index (χ1n) is 10.6. The van der Waals surface area contributed by atoms with Crippen LogP contribution in [0.15, 0.2) is 41.5 Å². The van der Waals surface area contributed by atoms with Crippen molar-refractivity contribution >= 4 is 6.21 Å². The number of benzene rings is 1. The summed E-state index contributed by atoms with van der Waals surface area (Å²) in [6.45, 7) is 15.5. The Balaban J connectivity index is 2.16. The second-order valence-electron chi connectivity index (χ2n) is 9.82. The maximum atomic E-state index is 10.9. The lowest BCUT2D eigenvalue weighted by Gasteiger charge is -2.27. The normalized spacial score (nSPS) is 12.8. The number of aliphatic hydroxyl groups excluding tert-OH is 1. The van der Waals surface area contributed by atoms with Crippen molar-refractivity contribution in [1.29, 1.82) is 0 Å². The Hall–Kier alpha value is -2.24. The number of phenols is 1. The largest absolute Gasteiger partial charge is 0.507 e. The van der Waals surface area contributed by atoms with Gasteiger partial charge in [0, 0.05) is 43.2 Å². The van der Waals surface area contributed by atoms with Gasteiger partial charge in [0.1, 0.15) is 5.75 Å². The van der Waals surface area contributed by atoms with Crippen LogP contribution < -0.4 is 0 Å². The highest BCUT2D eigenvalue weighted by atomic mass is 16.3. The van der Waals surface area contributed by atoms with Gasteiger partial charge >= 0.3 is 0 Å². The molecule has 5 nitrogen and oxygen atoms in total. The van der Waals surface area contributed by atoms with Gasteiger partial charge in [-0.3, -0.25) is 14.9 Å². The summed E-state index contributed by atoms with van der Waals surface area (Å²) in [4.78, 5) is 11.1. The molecule has 2 N–H and O–H groups in total. The Labute approximate surface area is 181 Å². The predicted molar refractivity (Wildman–Crippen MR) is 125 cm³/mol. The third-order valence-corrected chi connectivity index (χ3v) is 5.12. The van der Waals surface area contributed by atoms with Crippen LogP contribution in [0.3, 0.4) is 0 Å². The van der Waals surface area contributed by atoms with Gasteiger partial charge in [-0.25, -0.2) is 0 Å². The molecule has 0 fully saturated rings. The van der Waals surface area contributed by atoms with Gasteiger partial charge in [0.05, 0.1) is 18.8 Å². The Kier molecular flexibility index (Phi) is 8.16. The van der Waals surface area contributed by atoms with Gasteiger partial charge in [0.25, 0.3) is 0 Å². The number of aromatic nitrogens is 1. The molecule has 0 spiro atoms. The highest BCUT2D eigenvalue weighted by Crippen LogP contribution is 2.37. The summed E-state index contributed by atoms with van der Waals surface area (Å²) in [7, 11) is 0. The zero-order chi connectivity index (χ0) is 22.4. The van der Waals surface area contributed by atoms with Crippen LogP contribution in [0.25, 0.3) is 0 Å². The molecule has 0 aliphatic carbocycles. The van der Waals surface area contributed by atoms with Crippen LogP contribution in [-0.2, 0) is 17.4 Å². The minimum Gasteiger partial charge on any atom is -0.507 e. The second kappa shape index (κ2) is 10.2. The first-order valence-corrected chi connectivity index (χ1v) is 10.6. The van der Waals surface area contributed by atoms with E-state index in [0.717, 1.165) is 16.8 Å². The monoisotopic (exact) mass is 411 g/mol. The van der Waals surface area contributed by atoms with Crippen molar-refractivity contribution < 1.29 is 10.2 Å². The number of phenolic OH excluding ortho intramolecular Hbond substituents is 1. The molecule has 0 aliphatic rings. The fourth-order valence-electron chi connectivity index (χ4n) is 3.25. The van der Waals surface area contributed by atoms with Gasteiger partial charge in [-0.2, -0.15) is 0 Å². The summed E-state index contributed by atoms with van der Waals surface area (Å²) in [5, 5.41) is 20.2. The minimum atomic E-state index is -0.158. The molecule has 30 heavy (non-hydrogen) atoms. The SMILES string of the molecule is CC(C)(C)c1cc(C=NCCN(CCO)Cc2ccccn2)c(O)c(C(C)(C)C)c1. The molecule has 1 heterocycles. The zero-order valence-corrected chi connectivity index (χ0v) is 19.3. The third-order valence-electron chi connectivity index (χ3n) is 5.12. The van der Waals surface area contributed by atoms with E-state index in [0.29, 0.717) is 31.9 Å². The second-order valence-corrected chi connectivity index (χ2v) is 9.82. The maximum absolute atomic E-state index is 10.9. The fraction of sp³-hybridized carbons (Fsp3) is 0.520. The summed E-state index contributed by atoms with van der Waals surface area (Å²) in [5.74, 6) is 0.306. The summed E-state index contributed by atoms with van der Waals surface area (Å²) in [6, 6.07) is 10.00. The minimum absolute atomic E-state index is 0.0170. The number of hydrogen-bond acceptors (Lipinski definition) is 5. The molecule has 0 saturated heterocycles. The molecule has 0 bridgehead atoms. The van der Waals surface area contributed by atoms with E-state index in [-0.39, 0.29) is 17.4 Å².